The van der Waals surface area contributed by atoms with Crippen LogP contribution in [0.2, 0.25) is 0 Å². The van der Waals surface area contributed by atoms with Gasteiger partial charge in [0.2, 0.25) is 0 Å². The Hall–Kier alpha value is -3.09. The van der Waals surface area contributed by atoms with Crippen molar-refractivity contribution in [3.63, 3.8) is 0 Å². The fourth-order valence-electron chi connectivity index (χ4n) is 4.60. The monoisotopic (exact) mass is 363 g/mol. The summed E-state index contributed by atoms with van der Waals surface area (Å²) in [5.74, 6) is 1.31. The van der Waals surface area contributed by atoms with Crippen molar-refractivity contribution in [3.8, 4) is 5.82 Å². The molecule has 2 atom stereocenters. The van der Waals surface area contributed by atoms with E-state index < -0.39 is 0 Å². The highest BCUT2D eigenvalue weighted by Crippen LogP contribution is 2.35. The number of pyridine rings is 1. The molecule has 1 fully saturated rings. The molecule has 0 spiro atoms. The number of aryl methyl sites for hydroxylation is 1. The summed E-state index contributed by atoms with van der Waals surface area (Å²) in [6, 6.07) is 9.32. The first-order chi connectivity index (χ1) is 13.1. The van der Waals surface area contributed by atoms with Gasteiger partial charge >= 0.3 is 0 Å². The second-order valence-corrected chi connectivity index (χ2v) is 7.50. The van der Waals surface area contributed by atoms with Crippen molar-refractivity contribution in [2.75, 3.05) is 13.1 Å². The Kier molecular flexibility index (Phi) is 3.56. The Balaban J connectivity index is 1.48. The van der Waals surface area contributed by atoms with Crippen LogP contribution in [0.15, 0.2) is 53.7 Å². The van der Waals surface area contributed by atoms with Crippen LogP contribution in [0.3, 0.4) is 0 Å². The molecule has 0 aliphatic carbocycles. The lowest BCUT2D eigenvalue weighted by molar-refractivity contribution is 0.0594. The number of carbonyl (C=O) groups is 1. The standard InChI is InChI=1S/C20H21N5O2/c1-22-19(23-7-2-3-8-23)16(10-21-22)20(27)24-11-14-9-15(13-24)17-5-4-6-18(26)25(17)12-14/h2-8,10,14-15H,9,11-13H2,1H3/t14-,15+/m0/s1. The van der Waals surface area contributed by atoms with Crippen LogP contribution in [0.4, 0.5) is 0 Å². The summed E-state index contributed by atoms with van der Waals surface area (Å²) in [7, 11) is 1.85. The summed E-state index contributed by atoms with van der Waals surface area (Å²) in [6.07, 6.45) is 6.52. The molecule has 2 bridgehead atoms. The third kappa shape index (κ3) is 2.53. The van der Waals surface area contributed by atoms with Gasteiger partial charge in [-0.25, -0.2) is 0 Å². The van der Waals surface area contributed by atoms with Crippen molar-refractivity contribution in [1.82, 2.24) is 23.8 Å². The van der Waals surface area contributed by atoms with Gasteiger partial charge in [-0.3, -0.25) is 14.3 Å². The normalized spacial score (nSPS) is 21.1. The van der Waals surface area contributed by atoms with Gasteiger partial charge in [0.05, 0.1) is 6.20 Å². The summed E-state index contributed by atoms with van der Waals surface area (Å²) in [5.41, 5.74) is 1.72. The first-order valence-corrected chi connectivity index (χ1v) is 9.26. The third-order valence-corrected chi connectivity index (χ3v) is 5.75. The minimum atomic E-state index is 0.00762. The maximum Gasteiger partial charge on any atom is 0.259 e. The van der Waals surface area contributed by atoms with E-state index in [9.17, 15) is 9.59 Å². The average Bonchev–Trinajstić information content (AvgIpc) is 3.31. The zero-order chi connectivity index (χ0) is 18.5. The van der Waals surface area contributed by atoms with Crippen LogP contribution in [0.25, 0.3) is 5.82 Å². The molecule has 0 N–H and O–H groups in total. The van der Waals surface area contributed by atoms with E-state index in [0.717, 1.165) is 17.9 Å². The topological polar surface area (TPSA) is 65.1 Å². The number of hydrogen-bond donors (Lipinski definition) is 0. The van der Waals surface area contributed by atoms with Crippen LogP contribution >= 0.6 is 0 Å². The van der Waals surface area contributed by atoms with Gasteiger partial charge in [-0.15, -0.1) is 0 Å². The Morgan fingerprint density at radius 3 is 2.74 bits per heavy atom. The van der Waals surface area contributed by atoms with Crippen LogP contribution in [0, 0.1) is 5.92 Å². The van der Waals surface area contributed by atoms with Crippen LogP contribution in [-0.2, 0) is 13.6 Å². The first-order valence-electron chi connectivity index (χ1n) is 9.26. The van der Waals surface area contributed by atoms with Crippen LogP contribution < -0.4 is 5.56 Å². The van der Waals surface area contributed by atoms with E-state index in [4.69, 9.17) is 0 Å². The molecule has 5 rings (SSSR count). The number of likely N-dealkylation sites (tertiary alicyclic amines) is 1. The molecule has 1 amide bonds. The molecule has 0 unspecified atom stereocenters. The van der Waals surface area contributed by atoms with Gasteiger partial charge in [0.15, 0.2) is 0 Å². The van der Waals surface area contributed by atoms with Gasteiger partial charge in [-0.2, -0.15) is 5.10 Å². The molecular weight excluding hydrogens is 342 g/mol. The summed E-state index contributed by atoms with van der Waals surface area (Å²) in [6.45, 7) is 2.00. The second kappa shape index (κ2) is 5.97. The summed E-state index contributed by atoms with van der Waals surface area (Å²) < 4.78 is 5.53. The summed E-state index contributed by atoms with van der Waals surface area (Å²) in [4.78, 5) is 27.4. The molecule has 7 nitrogen and oxygen atoms in total. The predicted molar refractivity (Wildman–Crippen MR) is 100.0 cm³/mol. The fraction of sp³-hybridized carbons (Fsp3) is 0.350. The maximum atomic E-state index is 13.3. The van der Waals surface area contributed by atoms with Crippen molar-refractivity contribution >= 4 is 5.91 Å². The first kappa shape index (κ1) is 16.1. The van der Waals surface area contributed by atoms with Crippen LogP contribution in [-0.4, -0.2) is 42.8 Å². The third-order valence-electron chi connectivity index (χ3n) is 5.75. The summed E-state index contributed by atoms with van der Waals surface area (Å²) in [5, 5.41) is 4.31. The van der Waals surface area contributed by atoms with Crippen molar-refractivity contribution in [1.29, 1.82) is 0 Å². The number of hydrogen-bond acceptors (Lipinski definition) is 3. The molecule has 2 aliphatic rings. The lowest BCUT2D eigenvalue weighted by atomic mass is 9.83. The molecule has 2 aliphatic heterocycles. The Bertz CT molecular complexity index is 1060. The van der Waals surface area contributed by atoms with E-state index in [2.05, 4.69) is 5.10 Å². The molecule has 3 aromatic rings. The molecular formula is C20H21N5O2. The SMILES string of the molecule is Cn1ncc(C(=O)N2C[C@@H]3C[C@H](C2)c2cccc(=O)n2C3)c1-n1cccc1. The van der Waals surface area contributed by atoms with Crippen LogP contribution in [0.1, 0.15) is 28.4 Å². The Morgan fingerprint density at radius 1 is 1.11 bits per heavy atom. The van der Waals surface area contributed by atoms with Crippen molar-refractivity contribution in [2.24, 2.45) is 13.0 Å². The number of piperidine rings is 1. The molecule has 27 heavy (non-hydrogen) atoms. The van der Waals surface area contributed by atoms with Crippen molar-refractivity contribution in [2.45, 2.75) is 18.9 Å². The highest BCUT2D eigenvalue weighted by Gasteiger charge is 2.37. The Labute approximate surface area is 156 Å². The van der Waals surface area contributed by atoms with E-state index >= 15 is 0 Å². The molecule has 0 saturated carbocycles. The quantitative estimate of drug-likeness (QED) is 0.695. The Morgan fingerprint density at radius 2 is 1.93 bits per heavy atom. The lowest BCUT2D eigenvalue weighted by Crippen LogP contribution is -2.49. The van der Waals surface area contributed by atoms with Gasteiger partial charge in [0.25, 0.3) is 11.5 Å². The molecule has 138 valence electrons. The van der Waals surface area contributed by atoms with Gasteiger partial charge in [-0.1, -0.05) is 6.07 Å². The van der Waals surface area contributed by atoms with Gasteiger partial charge < -0.3 is 14.0 Å². The summed E-state index contributed by atoms with van der Waals surface area (Å²) >= 11 is 0. The predicted octanol–water partition coefficient (Wildman–Crippen LogP) is 1.63. The number of fused-ring (bicyclic) bond motifs is 4. The van der Waals surface area contributed by atoms with E-state index in [-0.39, 0.29) is 17.4 Å². The van der Waals surface area contributed by atoms with E-state index in [1.54, 1.807) is 16.9 Å². The van der Waals surface area contributed by atoms with E-state index in [1.165, 1.54) is 0 Å². The maximum absolute atomic E-state index is 13.3. The van der Waals surface area contributed by atoms with Gasteiger partial charge in [-0.05, 0) is 30.5 Å². The van der Waals surface area contributed by atoms with Crippen LogP contribution in [0.5, 0.6) is 0 Å². The second-order valence-electron chi connectivity index (χ2n) is 7.50. The minimum Gasteiger partial charge on any atom is -0.337 e. The average molecular weight is 363 g/mol. The molecule has 0 radical (unpaired) electrons. The number of rotatable bonds is 2. The number of nitrogens with zero attached hydrogens (tertiary/aromatic N) is 5. The van der Waals surface area contributed by atoms with Gasteiger partial charge in [0.1, 0.15) is 11.4 Å². The van der Waals surface area contributed by atoms with E-state index in [1.807, 2.05) is 57.7 Å². The minimum absolute atomic E-state index is 0.00762. The molecule has 0 aromatic carbocycles. The van der Waals surface area contributed by atoms with E-state index in [0.29, 0.717) is 31.1 Å². The molecule has 7 heteroatoms. The highest BCUT2D eigenvalue weighted by molar-refractivity contribution is 5.97. The number of amides is 1. The molecule has 5 heterocycles. The molecule has 1 saturated heterocycles. The largest absolute Gasteiger partial charge is 0.337 e. The van der Waals surface area contributed by atoms with Crippen molar-refractivity contribution < 1.29 is 4.79 Å². The molecule has 3 aromatic heterocycles. The highest BCUT2D eigenvalue weighted by atomic mass is 16.2. The number of aromatic nitrogens is 4. The van der Waals surface area contributed by atoms with Crippen molar-refractivity contribution in [3.05, 3.63) is 70.5 Å². The smallest absolute Gasteiger partial charge is 0.259 e. The zero-order valence-corrected chi connectivity index (χ0v) is 15.2. The zero-order valence-electron chi connectivity index (χ0n) is 15.2. The lowest BCUT2D eigenvalue weighted by Gasteiger charge is -2.42. The fourth-order valence-corrected chi connectivity index (χ4v) is 4.60. The van der Waals surface area contributed by atoms with Gasteiger partial charge in [0, 0.05) is 56.8 Å². The number of carbonyl (C=O) groups excluding carboxylic acids is 1.